The molecule has 1 aromatic carbocycles. The molecule has 2 heterocycles. The van der Waals surface area contributed by atoms with E-state index in [-0.39, 0.29) is 5.91 Å². The Morgan fingerprint density at radius 3 is 2.91 bits per heavy atom. The molecule has 22 heavy (non-hydrogen) atoms. The van der Waals surface area contributed by atoms with Crippen LogP contribution in [-0.4, -0.2) is 31.6 Å². The van der Waals surface area contributed by atoms with Gasteiger partial charge in [-0.1, -0.05) is 13.0 Å². The van der Waals surface area contributed by atoms with Crippen LogP contribution in [0, 0.1) is 0 Å². The molecule has 1 amide bonds. The van der Waals surface area contributed by atoms with E-state index in [0.29, 0.717) is 12.2 Å². The van der Waals surface area contributed by atoms with Crippen LogP contribution in [0.3, 0.4) is 0 Å². The van der Waals surface area contributed by atoms with Crippen molar-refractivity contribution in [2.45, 2.75) is 26.3 Å². The topological polar surface area (TPSA) is 59.0 Å². The molecule has 0 aliphatic heterocycles. The highest BCUT2D eigenvalue weighted by molar-refractivity contribution is 7.09. The quantitative estimate of drug-likeness (QED) is 0.719. The van der Waals surface area contributed by atoms with Gasteiger partial charge in [-0.05, 0) is 30.5 Å². The Bertz CT molecular complexity index is 796. The average Bonchev–Trinajstić information content (AvgIpc) is 3.15. The van der Waals surface area contributed by atoms with Crippen LogP contribution in [0.2, 0.25) is 0 Å². The summed E-state index contributed by atoms with van der Waals surface area (Å²) < 4.78 is 8.41. The van der Waals surface area contributed by atoms with Gasteiger partial charge in [0.1, 0.15) is 16.7 Å². The summed E-state index contributed by atoms with van der Waals surface area (Å²) in [5.74, 6) is -0.0462. The molecular weight excluding hydrogens is 316 g/mol. The van der Waals surface area contributed by atoms with Crippen molar-refractivity contribution in [3.63, 3.8) is 0 Å². The predicted molar refractivity (Wildman–Crippen MR) is 89.3 cm³/mol. The molecule has 0 saturated heterocycles. The highest BCUT2D eigenvalue weighted by Gasteiger charge is 2.16. The van der Waals surface area contributed by atoms with Gasteiger partial charge in [0.25, 0.3) is 5.91 Å². The minimum atomic E-state index is -0.0462. The molecular formula is C15H16N4OS2. The van der Waals surface area contributed by atoms with Gasteiger partial charge in [0.05, 0.1) is 16.7 Å². The van der Waals surface area contributed by atoms with Crippen molar-refractivity contribution >= 4 is 40.0 Å². The highest BCUT2D eigenvalue weighted by Crippen LogP contribution is 2.17. The fourth-order valence-electron chi connectivity index (χ4n) is 2.21. The molecule has 0 aliphatic carbocycles. The average molecular weight is 332 g/mol. The Morgan fingerprint density at radius 1 is 1.27 bits per heavy atom. The van der Waals surface area contributed by atoms with Gasteiger partial charge in [-0.25, -0.2) is 4.98 Å². The Labute approximate surface area is 137 Å². The molecule has 0 radical (unpaired) electrons. The second-order valence-electron chi connectivity index (χ2n) is 5.12. The van der Waals surface area contributed by atoms with Crippen LogP contribution in [0.1, 0.15) is 34.4 Å². The summed E-state index contributed by atoms with van der Waals surface area (Å²) in [7, 11) is 1.80. The minimum Gasteiger partial charge on any atom is -0.336 e. The number of carbonyl (C=O) groups excluding carboxylic acids is 1. The number of aromatic nitrogens is 3. The Morgan fingerprint density at radius 2 is 2.09 bits per heavy atom. The predicted octanol–water partition coefficient (Wildman–Crippen LogP) is 3.37. The van der Waals surface area contributed by atoms with Crippen molar-refractivity contribution in [3.05, 3.63) is 39.8 Å². The van der Waals surface area contributed by atoms with Gasteiger partial charge in [-0.15, -0.1) is 11.3 Å². The first-order valence-corrected chi connectivity index (χ1v) is 8.69. The normalized spacial score (nSPS) is 11.0. The van der Waals surface area contributed by atoms with E-state index in [1.807, 2.05) is 23.6 Å². The minimum absolute atomic E-state index is 0.0462. The molecule has 0 aliphatic rings. The van der Waals surface area contributed by atoms with Gasteiger partial charge in [0, 0.05) is 19.0 Å². The fraction of sp³-hybridized carbons (Fsp3) is 0.333. The molecule has 0 unspecified atom stereocenters. The molecule has 0 N–H and O–H groups in total. The largest absolute Gasteiger partial charge is 0.336 e. The summed E-state index contributed by atoms with van der Waals surface area (Å²) in [4.78, 5) is 18.5. The first-order chi connectivity index (χ1) is 10.7. The molecule has 5 nitrogen and oxygen atoms in total. The smallest absolute Gasteiger partial charge is 0.273 e. The lowest BCUT2D eigenvalue weighted by molar-refractivity contribution is 0.0780. The zero-order valence-corrected chi connectivity index (χ0v) is 14.1. The van der Waals surface area contributed by atoms with E-state index in [1.165, 1.54) is 11.7 Å². The van der Waals surface area contributed by atoms with Crippen molar-refractivity contribution in [2.24, 2.45) is 0 Å². The molecule has 0 spiro atoms. The molecule has 0 atom stereocenters. The van der Waals surface area contributed by atoms with Crippen molar-refractivity contribution < 1.29 is 4.79 Å². The highest BCUT2D eigenvalue weighted by atomic mass is 32.1. The first-order valence-electron chi connectivity index (χ1n) is 7.08. The molecule has 114 valence electrons. The van der Waals surface area contributed by atoms with Crippen molar-refractivity contribution in [2.75, 3.05) is 7.05 Å². The van der Waals surface area contributed by atoms with Gasteiger partial charge in [0.15, 0.2) is 0 Å². The van der Waals surface area contributed by atoms with E-state index in [2.05, 4.69) is 20.7 Å². The van der Waals surface area contributed by atoms with Crippen LogP contribution in [0.25, 0.3) is 11.0 Å². The number of nitrogens with zero attached hydrogens (tertiary/aromatic N) is 4. The third kappa shape index (κ3) is 3.15. The van der Waals surface area contributed by atoms with Crippen LogP contribution < -0.4 is 0 Å². The van der Waals surface area contributed by atoms with E-state index in [4.69, 9.17) is 0 Å². The zero-order chi connectivity index (χ0) is 15.5. The van der Waals surface area contributed by atoms with Gasteiger partial charge < -0.3 is 4.90 Å². The summed E-state index contributed by atoms with van der Waals surface area (Å²) >= 11 is 2.76. The van der Waals surface area contributed by atoms with Crippen molar-refractivity contribution in [1.82, 2.24) is 18.6 Å². The number of rotatable bonds is 5. The maximum Gasteiger partial charge on any atom is 0.273 e. The third-order valence-electron chi connectivity index (χ3n) is 3.32. The Kier molecular flexibility index (Phi) is 4.44. The second kappa shape index (κ2) is 6.50. The van der Waals surface area contributed by atoms with Crippen LogP contribution >= 0.6 is 23.1 Å². The Balaban J connectivity index is 1.71. The van der Waals surface area contributed by atoms with Crippen molar-refractivity contribution in [3.8, 4) is 0 Å². The number of hydrogen-bond donors (Lipinski definition) is 0. The van der Waals surface area contributed by atoms with Crippen molar-refractivity contribution in [1.29, 1.82) is 0 Å². The first kappa shape index (κ1) is 15.1. The van der Waals surface area contributed by atoms with E-state index in [1.54, 1.807) is 23.3 Å². The molecule has 7 heteroatoms. The number of aryl methyl sites for hydroxylation is 1. The molecule has 2 aromatic heterocycles. The summed E-state index contributed by atoms with van der Waals surface area (Å²) in [5, 5.41) is 2.87. The van der Waals surface area contributed by atoms with Crippen LogP contribution in [0.5, 0.6) is 0 Å². The standard InChI is InChI=1S/C15H16N4OS2/c1-3-4-14-16-13(9-21-14)15(20)19(2)8-10-5-6-11-12(7-10)18-22-17-11/h5-7,9H,3-4,8H2,1-2H3. The van der Waals surface area contributed by atoms with Gasteiger partial charge >= 0.3 is 0 Å². The molecule has 0 saturated carbocycles. The van der Waals surface area contributed by atoms with Gasteiger partial charge in [0.2, 0.25) is 0 Å². The van der Waals surface area contributed by atoms with E-state index in [0.717, 1.165) is 34.4 Å². The number of carbonyl (C=O) groups is 1. The van der Waals surface area contributed by atoms with Crippen LogP contribution in [0.15, 0.2) is 23.6 Å². The van der Waals surface area contributed by atoms with E-state index in [9.17, 15) is 4.79 Å². The summed E-state index contributed by atoms with van der Waals surface area (Å²) in [5.41, 5.74) is 3.35. The summed E-state index contributed by atoms with van der Waals surface area (Å²) in [6.45, 7) is 2.64. The zero-order valence-electron chi connectivity index (χ0n) is 12.4. The monoisotopic (exact) mass is 332 g/mol. The third-order valence-corrected chi connectivity index (χ3v) is 4.78. The van der Waals surface area contributed by atoms with Crippen LogP contribution in [0.4, 0.5) is 0 Å². The summed E-state index contributed by atoms with van der Waals surface area (Å²) in [6.07, 6.45) is 1.97. The number of fused-ring (bicyclic) bond motifs is 1. The maximum atomic E-state index is 12.4. The number of hydrogen-bond acceptors (Lipinski definition) is 6. The van der Waals surface area contributed by atoms with E-state index < -0.39 is 0 Å². The molecule has 0 fully saturated rings. The maximum absolute atomic E-state index is 12.4. The molecule has 3 rings (SSSR count). The SMILES string of the molecule is CCCc1nc(C(=O)N(C)Cc2ccc3nsnc3c2)cs1. The molecule has 3 aromatic rings. The number of benzene rings is 1. The number of thiazole rings is 1. The van der Waals surface area contributed by atoms with Crippen LogP contribution in [-0.2, 0) is 13.0 Å². The Hall–Kier alpha value is -1.86. The van der Waals surface area contributed by atoms with Gasteiger partial charge in [-0.3, -0.25) is 4.79 Å². The lowest BCUT2D eigenvalue weighted by Crippen LogP contribution is -2.26. The van der Waals surface area contributed by atoms with Gasteiger partial charge in [-0.2, -0.15) is 8.75 Å². The summed E-state index contributed by atoms with van der Waals surface area (Å²) in [6, 6.07) is 5.90. The molecule has 0 bridgehead atoms. The lowest BCUT2D eigenvalue weighted by Gasteiger charge is -2.15. The number of amides is 1. The second-order valence-corrected chi connectivity index (χ2v) is 6.60. The fourth-order valence-corrected chi connectivity index (χ4v) is 3.60. The van der Waals surface area contributed by atoms with E-state index >= 15 is 0 Å². The lowest BCUT2D eigenvalue weighted by atomic mass is 10.2.